The molecule has 1 atom stereocenters. The summed E-state index contributed by atoms with van der Waals surface area (Å²) in [7, 11) is 0. The molecule has 1 aliphatic rings. The largest absolute Gasteiger partial charge is 0.444 e. The van der Waals surface area contributed by atoms with Crippen LogP contribution in [0.15, 0.2) is 54.9 Å². The number of nitrogens with zero attached hydrogens (tertiary/aromatic N) is 5. The number of alkyl carbamates (subject to hydrolysis) is 1. The Labute approximate surface area is 207 Å². The Morgan fingerprint density at radius 3 is 2.80 bits per heavy atom. The van der Waals surface area contributed by atoms with E-state index in [9.17, 15) is 4.79 Å². The van der Waals surface area contributed by atoms with Crippen LogP contribution in [-0.2, 0) is 17.7 Å². The molecule has 2 heterocycles. The maximum atomic E-state index is 11.9. The van der Waals surface area contributed by atoms with E-state index in [-0.39, 0.29) is 12.1 Å². The summed E-state index contributed by atoms with van der Waals surface area (Å²) in [6.07, 6.45) is 8.66. The van der Waals surface area contributed by atoms with Crippen molar-refractivity contribution in [3.05, 3.63) is 71.8 Å². The number of unbranched alkanes of at least 4 members (excludes halogenated alkanes) is 1. The zero-order chi connectivity index (χ0) is 24.7. The molecule has 35 heavy (non-hydrogen) atoms. The van der Waals surface area contributed by atoms with Crippen molar-refractivity contribution in [2.24, 2.45) is 0 Å². The Hall–Kier alpha value is -3.26. The van der Waals surface area contributed by atoms with Crippen LogP contribution in [0, 0.1) is 0 Å². The average Bonchev–Trinajstić information content (AvgIpc) is 3.31. The summed E-state index contributed by atoms with van der Waals surface area (Å²) < 4.78 is 7.16. The Bertz CT molecular complexity index is 1090. The van der Waals surface area contributed by atoms with Crippen LogP contribution >= 0.6 is 0 Å². The zero-order valence-corrected chi connectivity index (χ0v) is 21.0. The van der Waals surface area contributed by atoms with Crippen molar-refractivity contribution in [2.75, 3.05) is 13.1 Å². The predicted molar refractivity (Wildman–Crippen MR) is 135 cm³/mol. The molecule has 1 unspecified atom stereocenters. The number of rotatable bonds is 9. The van der Waals surface area contributed by atoms with E-state index in [2.05, 4.69) is 26.6 Å². The highest BCUT2D eigenvalue weighted by Crippen LogP contribution is 2.33. The van der Waals surface area contributed by atoms with Crippen LogP contribution in [0.2, 0.25) is 0 Å². The van der Waals surface area contributed by atoms with E-state index in [0.717, 1.165) is 50.0 Å². The molecule has 0 spiro atoms. The number of nitrogens with one attached hydrogen (secondary N) is 1. The van der Waals surface area contributed by atoms with Crippen molar-refractivity contribution in [1.82, 2.24) is 30.2 Å². The first kappa shape index (κ1) is 24.9. The molecule has 0 radical (unpaired) electrons. The Kier molecular flexibility index (Phi) is 8.13. The normalized spacial score (nSPS) is 15.6. The van der Waals surface area contributed by atoms with Gasteiger partial charge in [0, 0.05) is 19.3 Å². The Morgan fingerprint density at radius 2 is 2.00 bits per heavy atom. The summed E-state index contributed by atoms with van der Waals surface area (Å²) in [5.74, 6) is 0. The number of aryl methyl sites for hydroxylation is 1. The summed E-state index contributed by atoms with van der Waals surface area (Å²) in [6, 6.07) is 14.5. The number of para-hydroxylation sites is 1. The van der Waals surface area contributed by atoms with E-state index in [1.165, 1.54) is 11.3 Å². The SMILES string of the molecule is CC(C)(C)OC(=O)NCCCCN(Cc1cn(-c2ccccc2)nn1)C1CCCc2cccnc21. The molecule has 0 aliphatic heterocycles. The van der Waals surface area contributed by atoms with Gasteiger partial charge in [-0.1, -0.05) is 29.5 Å². The van der Waals surface area contributed by atoms with Gasteiger partial charge in [0.15, 0.2) is 0 Å². The fourth-order valence-corrected chi connectivity index (χ4v) is 4.52. The number of hydrogen-bond donors (Lipinski definition) is 1. The van der Waals surface area contributed by atoms with Crippen LogP contribution in [-0.4, -0.2) is 49.7 Å². The van der Waals surface area contributed by atoms with E-state index in [1.807, 2.05) is 74.2 Å². The second-order valence-electron chi connectivity index (χ2n) is 10.1. The molecule has 8 heteroatoms. The summed E-state index contributed by atoms with van der Waals surface area (Å²) >= 11 is 0. The van der Waals surface area contributed by atoms with Gasteiger partial charge >= 0.3 is 6.09 Å². The molecule has 1 aliphatic carbocycles. The van der Waals surface area contributed by atoms with E-state index in [4.69, 9.17) is 9.72 Å². The van der Waals surface area contributed by atoms with Gasteiger partial charge in [0.2, 0.25) is 0 Å². The first-order valence-electron chi connectivity index (χ1n) is 12.5. The number of benzene rings is 1. The molecule has 0 saturated carbocycles. The highest BCUT2D eigenvalue weighted by atomic mass is 16.6. The van der Waals surface area contributed by atoms with Crippen LogP contribution in [0.25, 0.3) is 5.69 Å². The van der Waals surface area contributed by atoms with E-state index >= 15 is 0 Å². The lowest BCUT2D eigenvalue weighted by Gasteiger charge is -2.34. The third-order valence-electron chi connectivity index (χ3n) is 6.07. The molecular formula is C27H36N6O2. The molecule has 3 aromatic rings. The minimum Gasteiger partial charge on any atom is -0.444 e. The quantitative estimate of drug-likeness (QED) is 0.445. The van der Waals surface area contributed by atoms with E-state index < -0.39 is 5.60 Å². The first-order chi connectivity index (χ1) is 16.9. The highest BCUT2D eigenvalue weighted by Gasteiger charge is 2.27. The maximum Gasteiger partial charge on any atom is 0.407 e. The molecule has 0 fully saturated rings. The van der Waals surface area contributed by atoms with Crippen LogP contribution < -0.4 is 5.32 Å². The van der Waals surface area contributed by atoms with Crippen molar-refractivity contribution < 1.29 is 9.53 Å². The molecule has 1 N–H and O–H groups in total. The molecule has 2 aromatic heterocycles. The lowest BCUT2D eigenvalue weighted by Crippen LogP contribution is -2.34. The van der Waals surface area contributed by atoms with Gasteiger partial charge in [0.25, 0.3) is 0 Å². The number of carbonyl (C=O) groups is 1. The Morgan fingerprint density at radius 1 is 1.17 bits per heavy atom. The van der Waals surface area contributed by atoms with Crippen molar-refractivity contribution in [1.29, 1.82) is 0 Å². The number of pyridine rings is 1. The molecule has 1 amide bonds. The predicted octanol–water partition coefficient (Wildman–Crippen LogP) is 4.85. The molecule has 1 aromatic carbocycles. The molecule has 4 rings (SSSR count). The van der Waals surface area contributed by atoms with E-state index in [0.29, 0.717) is 13.1 Å². The van der Waals surface area contributed by atoms with Gasteiger partial charge in [-0.25, -0.2) is 9.48 Å². The van der Waals surface area contributed by atoms with Gasteiger partial charge in [-0.05, 0) is 83.2 Å². The summed E-state index contributed by atoms with van der Waals surface area (Å²) in [4.78, 5) is 19.2. The second-order valence-corrected chi connectivity index (χ2v) is 10.1. The zero-order valence-electron chi connectivity index (χ0n) is 21.0. The van der Waals surface area contributed by atoms with Crippen molar-refractivity contribution in [3.8, 4) is 5.69 Å². The summed E-state index contributed by atoms with van der Waals surface area (Å²) in [6.45, 7) is 7.78. The number of hydrogen-bond acceptors (Lipinski definition) is 6. The van der Waals surface area contributed by atoms with Crippen molar-refractivity contribution in [2.45, 2.75) is 71.1 Å². The van der Waals surface area contributed by atoms with Crippen LogP contribution in [0.3, 0.4) is 0 Å². The molecule has 186 valence electrons. The number of fused-ring (bicyclic) bond motifs is 1. The van der Waals surface area contributed by atoms with Crippen molar-refractivity contribution >= 4 is 6.09 Å². The highest BCUT2D eigenvalue weighted by molar-refractivity contribution is 5.67. The summed E-state index contributed by atoms with van der Waals surface area (Å²) in [5.41, 5.74) is 3.97. The van der Waals surface area contributed by atoms with Gasteiger partial charge in [-0.3, -0.25) is 9.88 Å². The van der Waals surface area contributed by atoms with E-state index in [1.54, 1.807) is 0 Å². The summed E-state index contributed by atoms with van der Waals surface area (Å²) in [5, 5.41) is 11.7. The third kappa shape index (κ3) is 7.11. The van der Waals surface area contributed by atoms with Gasteiger partial charge < -0.3 is 10.1 Å². The number of amides is 1. The monoisotopic (exact) mass is 476 g/mol. The van der Waals surface area contributed by atoms with Gasteiger partial charge in [-0.2, -0.15) is 0 Å². The fourth-order valence-electron chi connectivity index (χ4n) is 4.52. The second kappa shape index (κ2) is 11.4. The topological polar surface area (TPSA) is 85.2 Å². The number of carbonyl (C=O) groups excluding carboxylic acids is 1. The average molecular weight is 477 g/mol. The minimum absolute atomic E-state index is 0.251. The standard InChI is InChI=1S/C27H36N6O2/c1-27(2,3)35-26(34)29-16-7-8-18-32(24-15-9-11-21-12-10-17-28-25(21)24)19-22-20-33(31-30-22)23-13-5-4-6-14-23/h4-6,10,12-14,17,20,24H,7-9,11,15-16,18-19H2,1-3H3,(H,29,34). The maximum absolute atomic E-state index is 11.9. The first-order valence-corrected chi connectivity index (χ1v) is 12.5. The van der Waals surface area contributed by atoms with Gasteiger partial charge in [0.1, 0.15) is 5.60 Å². The molecule has 8 nitrogen and oxygen atoms in total. The smallest absolute Gasteiger partial charge is 0.407 e. The van der Waals surface area contributed by atoms with Crippen LogP contribution in [0.4, 0.5) is 4.79 Å². The number of aromatic nitrogens is 4. The third-order valence-corrected chi connectivity index (χ3v) is 6.07. The van der Waals surface area contributed by atoms with Gasteiger partial charge in [0.05, 0.1) is 29.3 Å². The number of ether oxygens (including phenoxy) is 1. The molecular weight excluding hydrogens is 440 g/mol. The lowest BCUT2D eigenvalue weighted by molar-refractivity contribution is 0.0526. The van der Waals surface area contributed by atoms with Crippen LogP contribution in [0.1, 0.15) is 69.4 Å². The molecule has 0 bridgehead atoms. The van der Waals surface area contributed by atoms with Crippen LogP contribution in [0.5, 0.6) is 0 Å². The fraction of sp³-hybridized carbons (Fsp3) is 0.481. The van der Waals surface area contributed by atoms with Crippen molar-refractivity contribution in [3.63, 3.8) is 0 Å². The minimum atomic E-state index is -0.487. The molecule has 0 saturated heterocycles. The van der Waals surface area contributed by atoms with Gasteiger partial charge in [-0.15, -0.1) is 5.10 Å². The lowest BCUT2D eigenvalue weighted by atomic mass is 9.90. The Balaban J connectivity index is 1.41.